The highest BCUT2D eigenvalue weighted by molar-refractivity contribution is 5.94. The van der Waals surface area contributed by atoms with Crippen molar-refractivity contribution in [1.29, 1.82) is 0 Å². The van der Waals surface area contributed by atoms with Crippen molar-refractivity contribution in [2.75, 3.05) is 0 Å². The standard InChI is InChI=1S/C19H23N3O/c1-13(18-11-14-2-3-16(18)10-14)21-19(23)15-4-6-17(7-5-15)22-9-8-20-12-22/h4-9,12-14,16,18H,2-3,10-11H2,1H3,(H,21,23). The lowest BCUT2D eigenvalue weighted by Crippen LogP contribution is -2.40. The van der Waals surface area contributed by atoms with Crippen molar-refractivity contribution in [2.45, 2.75) is 38.6 Å². The molecule has 120 valence electrons. The summed E-state index contributed by atoms with van der Waals surface area (Å²) in [6, 6.07) is 7.96. The zero-order valence-electron chi connectivity index (χ0n) is 13.5. The Hall–Kier alpha value is -2.10. The second-order valence-corrected chi connectivity index (χ2v) is 7.12. The largest absolute Gasteiger partial charge is 0.349 e. The first-order chi connectivity index (χ1) is 11.2. The maximum atomic E-state index is 12.5. The Bertz CT molecular complexity index is 677. The monoisotopic (exact) mass is 309 g/mol. The molecule has 0 saturated heterocycles. The third-order valence-electron chi connectivity index (χ3n) is 5.73. The fourth-order valence-electron chi connectivity index (χ4n) is 4.50. The molecule has 2 aliphatic carbocycles. The first-order valence-corrected chi connectivity index (χ1v) is 8.60. The molecule has 4 heteroatoms. The lowest BCUT2D eigenvalue weighted by Gasteiger charge is -2.28. The van der Waals surface area contributed by atoms with Crippen LogP contribution in [0.25, 0.3) is 5.69 Å². The van der Waals surface area contributed by atoms with Gasteiger partial charge in [0.2, 0.25) is 0 Å². The summed E-state index contributed by atoms with van der Waals surface area (Å²) in [6.07, 6.45) is 10.8. The Morgan fingerprint density at radius 1 is 1.26 bits per heavy atom. The van der Waals surface area contributed by atoms with E-state index in [-0.39, 0.29) is 11.9 Å². The summed E-state index contributed by atoms with van der Waals surface area (Å²) < 4.78 is 1.93. The number of aromatic nitrogens is 2. The van der Waals surface area contributed by atoms with Gasteiger partial charge >= 0.3 is 0 Å². The lowest BCUT2D eigenvalue weighted by atomic mass is 9.84. The topological polar surface area (TPSA) is 46.9 Å². The zero-order valence-corrected chi connectivity index (χ0v) is 13.5. The van der Waals surface area contributed by atoms with Crippen molar-refractivity contribution in [2.24, 2.45) is 17.8 Å². The molecule has 1 aromatic heterocycles. The van der Waals surface area contributed by atoms with Gasteiger partial charge in [0.05, 0.1) is 6.33 Å². The smallest absolute Gasteiger partial charge is 0.251 e. The number of nitrogens with zero attached hydrogens (tertiary/aromatic N) is 2. The van der Waals surface area contributed by atoms with Gasteiger partial charge in [-0.1, -0.05) is 6.42 Å². The van der Waals surface area contributed by atoms with Gasteiger partial charge in [0.15, 0.2) is 0 Å². The third kappa shape index (κ3) is 2.78. The number of carbonyl (C=O) groups excluding carboxylic acids is 1. The molecule has 1 aromatic carbocycles. The highest BCUT2D eigenvalue weighted by atomic mass is 16.1. The van der Waals surface area contributed by atoms with Crippen LogP contribution in [0.2, 0.25) is 0 Å². The molecule has 1 N–H and O–H groups in total. The molecule has 1 heterocycles. The number of hydrogen-bond acceptors (Lipinski definition) is 2. The van der Waals surface area contributed by atoms with Crippen molar-refractivity contribution in [1.82, 2.24) is 14.9 Å². The first kappa shape index (κ1) is 14.5. The molecule has 2 aromatic rings. The van der Waals surface area contributed by atoms with Gasteiger partial charge in [0.25, 0.3) is 5.91 Å². The van der Waals surface area contributed by atoms with E-state index in [4.69, 9.17) is 0 Å². The van der Waals surface area contributed by atoms with Crippen molar-refractivity contribution < 1.29 is 4.79 Å². The average Bonchev–Trinajstić information content (AvgIpc) is 3.32. The summed E-state index contributed by atoms with van der Waals surface area (Å²) >= 11 is 0. The third-order valence-corrected chi connectivity index (χ3v) is 5.73. The van der Waals surface area contributed by atoms with E-state index in [0.717, 1.165) is 23.1 Å². The quantitative estimate of drug-likeness (QED) is 0.940. The molecule has 4 atom stereocenters. The van der Waals surface area contributed by atoms with Crippen LogP contribution in [0.5, 0.6) is 0 Å². The fraction of sp³-hybridized carbons (Fsp3) is 0.474. The van der Waals surface area contributed by atoms with E-state index in [9.17, 15) is 4.79 Å². The maximum absolute atomic E-state index is 12.5. The molecule has 0 aliphatic heterocycles. The van der Waals surface area contributed by atoms with Gasteiger partial charge in [-0.15, -0.1) is 0 Å². The van der Waals surface area contributed by atoms with Crippen molar-refractivity contribution in [3.8, 4) is 5.69 Å². The predicted octanol–water partition coefficient (Wildman–Crippen LogP) is 3.43. The van der Waals surface area contributed by atoms with Crippen LogP contribution in [-0.4, -0.2) is 21.5 Å². The minimum Gasteiger partial charge on any atom is -0.349 e. The van der Waals surface area contributed by atoms with Crippen LogP contribution in [0, 0.1) is 17.8 Å². The fourth-order valence-corrected chi connectivity index (χ4v) is 4.50. The van der Waals surface area contributed by atoms with E-state index in [1.54, 1.807) is 12.5 Å². The van der Waals surface area contributed by atoms with E-state index >= 15 is 0 Å². The number of imidazole rings is 1. The zero-order chi connectivity index (χ0) is 15.8. The number of fused-ring (bicyclic) bond motifs is 2. The second-order valence-electron chi connectivity index (χ2n) is 7.12. The molecular formula is C19H23N3O. The van der Waals surface area contributed by atoms with Gasteiger partial charge in [0, 0.05) is 29.7 Å². The summed E-state index contributed by atoms with van der Waals surface area (Å²) in [5, 5.41) is 3.22. The molecule has 4 unspecified atom stereocenters. The summed E-state index contributed by atoms with van der Waals surface area (Å²) in [6.45, 7) is 2.17. The summed E-state index contributed by atoms with van der Waals surface area (Å²) in [5.41, 5.74) is 1.74. The van der Waals surface area contributed by atoms with Gasteiger partial charge in [-0.3, -0.25) is 4.79 Å². The minimum absolute atomic E-state index is 0.0393. The molecule has 2 saturated carbocycles. The van der Waals surface area contributed by atoms with E-state index < -0.39 is 0 Å². The molecular weight excluding hydrogens is 286 g/mol. The number of benzene rings is 1. The minimum atomic E-state index is 0.0393. The van der Waals surface area contributed by atoms with E-state index in [1.807, 2.05) is 35.0 Å². The van der Waals surface area contributed by atoms with Crippen LogP contribution in [0.15, 0.2) is 43.0 Å². The van der Waals surface area contributed by atoms with E-state index in [1.165, 1.54) is 25.7 Å². The highest BCUT2D eigenvalue weighted by Gasteiger charge is 2.42. The Kier molecular flexibility index (Phi) is 3.68. The number of nitrogens with one attached hydrogen (secondary N) is 1. The van der Waals surface area contributed by atoms with Gasteiger partial charge in [-0.05, 0) is 68.2 Å². The normalized spacial score (nSPS) is 27.1. The molecule has 0 radical (unpaired) electrons. The molecule has 23 heavy (non-hydrogen) atoms. The Balaban J connectivity index is 1.41. The SMILES string of the molecule is CC(NC(=O)c1ccc(-n2ccnc2)cc1)C1CC2CCC1C2. The van der Waals surface area contributed by atoms with Crippen LogP contribution in [0.4, 0.5) is 0 Å². The molecule has 2 aliphatic rings. The summed E-state index contributed by atoms with van der Waals surface area (Å²) in [4.78, 5) is 16.5. The molecule has 4 rings (SSSR count). The Morgan fingerprint density at radius 2 is 2.09 bits per heavy atom. The van der Waals surface area contributed by atoms with Gasteiger partial charge in [0.1, 0.15) is 0 Å². The molecule has 2 bridgehead atoms. The van der Waals surface area contributed by atoms with Crippen molar-refractivity contribution in [3.05, 3.63) is 48.5 Å². The van der Waals surface area contributed by atoms with Gasteiger partial charge in [-0.25, -0.2) is 4.98 Å². The second kappa shape index (κ2) is 5.84. The number of amides is 1. The molecule has 1 amide bonds. The van der Waals surface area contributed by atoms with E-state index in [0.29, 0.717) is 5.92 Å². The van der Waals surface area contributed by atoms with Crippen LogP contribution < -0.4 is 5.32 Å². The number of hydrogen-bond donors (Lipinski definition) is 1. The average molecular weight is 309 g/mol. The lowest BCUT2D eigenvalue weighted by molar-refractivity contribution is 0.0915. The van der Waals surface area contributed by atoms with Crippen LogP contribution in [-0.2, 0) is 0 Å². The summed E-state index contributed by atoms with van der Waals surface area (Å²) in [5.74, 6) is 2.46. The highest BCUT2D eigenvalue weighted by Crippen LogP contribution is 2.49. The van der Waals surface area contributed by atoms with Gasteiger partial charge < -0.3 is 9.88 Å². The first-order valence-electron chi connectivity index (χ1n) is 8.60. The Morgan fingerprint density at radius 3 is 2.70 bits per heavy atom. The number of carbonyl (C=O) groups is 1. The molecule has 0 spiro atoms. The van der Waals surface area contributed by atoms with Crippen LogP contribution in [0.1, 0.15) is 43.0 Å². The van der Waals surface area contributed by atoms with Crippen molar-refractivity contribution in [3.63, 3.8) is 0 Å². The Labute approximate surface area is 136 Å². The predicted molar refractivity (Wildman–Crippen MR) is 89.4 cm³/mol. The van der Waals surface area contributed by atoms with E-state index in [2.05, 4.69) is 17.2 Å². The van der Waals surface area contributed by atoms with Gasteiger partial charge in [-0.2, -0.15) is 0 Å². The molecule has 4 nitrogen and oxygen atoms in total. The maximum Gasteiger partial charge on any atom is 0.251 e. The van der Waals surface area contributed by atoms with Crippen molar-refractivity contribution >= 4 is 5.91 Å². The molecule has 2 fully saturated rings. The number of rotatable bonds is 4. The van der Waals surface area contributed by atoms with Crippen LogP contribution >= 0.6 is 0 Å². The summed E-state index contributed by atoms with van der Waals surface area (Å²) in [7, 11) is 0. The van der Waals surface area contributed by atoms with Crippen LogP contribution in [0.3, 0.4) is 0 Å².